The van der Waals surface area contributed by atoms with E-state index >= 15 is 0 Å². The van der Waals surface area contributed by atoms with Gasteiger partial charge in [-0.2, -0.15) is 0 Å². The molecule has 1 N–H and O–H groups in total. The van der Waals surface area contributed by atoms with Gasteiger partial charge in [-0.1, -0.05) is 52.8 Å². The maximum Gasteiger partial charge on any atom is 0.343 e. The molecule has 0 saturated carbocycles. The van der Waals surface area contributed by atoms with Crippen LogP contribution < -0.4 is 10.1 Å². The standard InChI is InChI=1S/C25H23N3O6/c1-15-13-22(28-33-15)26-24(29)23(18-9-5-4-6-10-18)32-25(30)19-11-7-8-12-21(19)31-14-20-16(2)27-34-17(20)3/h4-13,23H,14H2,1-3H3,(H,26,28,29). The third-order valence-corrected chi connectivity index (χ3v) is 5.10. The van der Waals surface area contributed by atoms with Crippen LogP contribution in [0.15, 0.2) is 69.7 Å². The highest BCUT2D eigenvalue weighted by atomic mass is 16.6. The number of para-hydroxylation sites is 1. The van der Waals surface area contributed by atoms with Crippen LogP contribution in [0.25, 0.3) is 0 Å². The van der Waals surface area contributed by atoms with E-state index in [1.54, 1.807) is 74.5 Å². The Morgan fingerprint density at radius 2 is 1.71 bits per heavy atom. The zero-order valence-corrected chi connectivity index (χ0v) is 18.9. The van der Waals surface area contributed by atoms with E-state index in [2.05, 4.69) is 15.6 Å². The largest absolute Gasteiger partial charge is 0.488 e. The number of anilines is 1. The number of rotatable bonds is 8. The quantitative estimate of drug-likeness (QED) is 0.375. The second kappa shape index (κ2) is 10.0. The van der Waals surface area contributed by atoms with Crippen molar-refractivity contribution in [2.24, 2.45) is 0 Å². The summed E-state index contributed by atoms with van der Waals surface area (Å²) in [5.41, 5.74) is 2.19. The molecular weight excluding hydrogens is 438 g/mol. The highest BCUT2D eigenvalue weighted by Gasteiger charge is 2.28. The Kier molecular flexibility index (Phi) is 6.72. The van der Waals surface area contributed by atoms with E-state index in [0.29, 0.717) is 28.5 Å². The topological polar surface area (TPSA) is 117 Å². The molecule has 9 heteroatoms. The number of ether oxygens (including phenoxy) is 2. The number of amides is 1. The zero-order chi connectivity index (χ0) is 24.1. The molecule has 2 heterocycles. The van der Waals surface area contributed by atoms with Gasteiger partial charge in [0, 0.05) is 11.6 Å². The molecule has 2 aromatic carbocycles. The maximum atomic E-state index is 13.2. The first-order valence-corrected chi connectivity index (χ1v) is 10.6. The number of hydrogen-bond donors (Lipinski definition) is 1. The number of carbonyl (C=O) groups is 2. The lowest BCUT2D eigenvalue weighted by molar-refractivity contribution is -0.125. The van der Waals surface area contributed by atoms with Crippen LogP contribution in [0.4, 0.5) is 5.82 Å². The molecule has 1 amide bonds. The molecule has 0 bridgehead atoms. The second-order valence-electron chi connectivity index (χ2n) is 7.60. The minimum Gasteiger partial charge on any atom is -0.488 e. The zero-order valence-electron chi connectivity index (χ0n) is 18.9. The fourth-order valence-corrected chi connectivity index (χ4v) is 3.31. The van der Waals surface area contributed by atoms with Crippen LogP contribution in [0.5, 0.6) is 5.75 Å². The van der Waals surface area contributed by atoms with Crippen molar-refractivity contribution in [3.63, 3.8) is 0 Å². The van der Waals surface area contributed by atoms with Crippen LogP contribution in [0, 0.1) is 20.8 Å². The maximum absolute atomic E-state index is 13.2. The SMILES string of the molecule is Cc1cc(NC(=O)C(OC(=O)c2ccccc2OCc2c(C)noc2C)c2ccccc2)no1. The van der Waals surface area contributed by atoms with Crippen LogP contribution in [-0.2, 0) is 16.1 Å². The molecule has 0 spiro atoms. The molecular formula is C25H23N3O6. The summed E-state index contributed by atoms with van der Waals surface area (Å²) in [6, 6.07) is 16.9. The van der Waals surface area contributed by atoms with Crippen LogP contribution in [0.2, 0.25) is 0 Å². The summed E-state index contributed by atoms with van der Waals surface area (Å²) in [7, 11) is 0. The molecule has 0 radical (unpaired) electrons. The molecule has 174 valence electrons. The Labute approximate surface area is 195 Å². The number of benzene rings is 2. The summed E-state index contributed by atoms with van der Waals surface area (Å²) >= 11 is 0. The number of aryl methyl sites for hydroxylation is 3. The molecule has 0 aliphatic carbocycles. The Bertz CT molecular complexity index is 1280. The van der Waals surface area contributed by atoms with Gasteiger partial charge < -0.3 is 23.8 Å². The van der Waals surface area contributed by atoms with Gasteiger partial charge in [0.15, 0.2) is 5.82 Å². The summed E-state index contributed by atoms with van der Waals surface area (Å²) in [5, 5.41) is 10.3. The molecule has 4 aromatic rings. The van der Waals surface area contributed by atoms with E-state index in [1.807, 2.05) is 6.92 Å². The Balaban J connectivity index is 1.55. The smallest absolute Gasteiger partial charge is 0.343 e. The lowest BCUT2D eigenvalue weighted by Gasteiger charge is -2.18. The van der Waals surface area contributed by atoms with Crippen LogP contribution >= 0.6 is 0 Å². The summed E-state index contributed by atoms with van der Waals surface area (Å²) in [4.78, 5) is 26.2. The fraction of sp³-hybridized carbons (Fsp3) is 0.200. The molecule has 0 saturated heterocycles. The average Bonchev–Trinajstić information content (AvgIpc) is 3.40. The number of esters is 1. The third-order valence-electron chi connectivity index (χ3n) is 5.10. The van der Waals surface area contributed by atoms with E-state index in [0.717, 1.165) is 5.56 Å². The first-order valence-electron chi connectivity index (χ1n) is 10.6. The molecule has 34 heavy (non-hydrogen) atoms. The van der Waals surface area contributed by atoms with Crippen LogP contribution in [0.3, 0.4) is 0 Å². The van der Waals surface area contributed by atoms with Crippen molar-refractivity contribution in [1.29, 1.82) is 0 Å². The molecule has 0 aliphatic rings. The Morgan fingerprint density at radius 1 is 0.971 bits per heavy atom. The molecule has 2 aromatic heterocycles. The number of carbonyl (C=O) groups excluding carboxylic acids is 2. The van der Waals surface area contributed by atoms with Gasteiger partial charge >= 0.3 is 5.97 Å². The molecule has 1 atom stereocenters. The summed E-state index contributed by atoms with van der Waals surface area (Å²) < 4.78 is 21.7. The summed E-state index contributed by atoms with van der Waals surface area (Å²) in [6.07, 6.45) is -1.22. The van der Waals surface area contributed by atoms with Gasteiger partial charge in [-0.05, 0) is 32.9 Å². The normalized spacial score (nSPS) is 11.6. The molecule has 9 nitrogen and oxygen atoms in total. The van der Waals surface area contributed by atoms with Crippen molar-refractivity contribution in [1.82, 2.24) is 10.3 Å². The third kappa shape index (κ3) is 5.15. The number of hydrogen-bond acceptors (Lipinski definition) is 8. The highest BCUT2D eigenvalue weighted by molar-refractivity contribution is 5.98. The average molecular weight is 461 g/mol. The van der Waals surface area contributed by atoms with Gasteiger partial charge in [0.1, 0.15) is 29.4 Å². The molecule has 4 rings (SSSR count). The minimum absolute atomic E-state index is 0.166. The Hall–Kier alpha value is -4.40. The van der Waals surface area contributed by atoms with E-state index in [9.17, 15) is 9.59 Å². The minimum atomic E-state index is -1.22. The first-order chi connectivity index (χ1) is 16.4. The molecule has 1 unspecified atom stereocenters. The van der Waals surface area contributed by atoms with Gasteiger partial charge in [0.2, 0.25) is 6.10 Å². The molecule has 0 aliphatic heterocycles. The monoisotopic (exact) mass is 461 g/mol. The van der Waals surface area contributed by atoms with Crippen molar-refractivity contribution in [3.05, 3.63) is 94.6 Å². The number of aromatic nitrogens is 2. The van der Waals surface area contributed by atoms with E-state index in [4.69, 9.17) is 18.5 Å². The second-order valence-corrected chi connectivity index (χ2v) is 7.60. The van der Waals surface area contributed by atoms with Gasteiger partial charge in [-0.3, -0.25) is 4.79 Å². The number of nitrogens with zero attached hydrogens (tertiary/aromatic N) is 2. The van der Waals surface area contributed by atoms with Crippen molar-refractivity contribution < 1.29 is 28.1 Å². The lowest BCUT2D eigenvalue weighted by atomic mass is 10.1. The summed E-state index contributed by atoms with van der Waals surface area (Å²) in [5.74, 6) is 0.431. The number of nitrogens with one attached hydrogen (secondary N) is 1. The van der Waals surface area contributed by atoms with Crippen LogP contribution in [0.1, 0.15) is 44.8 Å². The predicted octanol–water partition coefficient (Wildman–Crippen LogP) is 4.70. The van der Waals surface area contributed by atoms with Gasteiger partial charge in [-0.15, -0.1) is 0 Å². The predicted molar refractivity (Wildman–Crippen MR) is 121 cm³/mol. The van der Waals surface area contributed by atoms with Crippen LogP contribution in [-0.4, -0.2) is 22.2 Å². The highest BCUT2D eigenvalue weighted by Crippen LogP contribution is 2.26. The van der Waals surface area contributed by atoms with Gasteiger partial charge in [0.05, 0.1) is 11.3 Å². The van der Waals surface area contributed by atoms with E-state index in [1.165, 1.54) is 0 Å². The first kappa shape index (κ1) is 22.8. The van der Waals surface area contributed by atoms with Crippen molar-refractivity contribution in [2.45, 2.75) is 33.5 Å². The van der Waals surface area contributed by atoms with Crippen molar-refractivity contribution >= 4 is 17.7 Å². The van der Waals surface area contributed by atoms with E-state index in [-0.39, 0.29) is 18.0 Å². The lowest BCUT2D eigenvalue weighted by Crippen LogP contribution is -2.26. The summed E-state index contributed by atoms with van der Waals surface area (Å²) in [6.45, 7) is 5.48. The fourth-order valence-electron chi connectivity index (χ4n) is 3.31. The van der Waals surface area contributed by atoms with E-state index < -0.39 is 18.0 Å². The van der Waals surface area contributed by atoms with Crippen molar-refractivity contribution in [2.75, 3.05) is 5.32 Å². The Morgan fingerprint density at radius 3 is 2.38 bits per heavy atom. The van der Waals surface area contributed by atoms with Gasteiger partial charge in [-0.25, -0.2) is 4.79 Å². The van der Waals surface area contributed by atoms with Crippen molar-refractivity contribution in [3.8, 4) is 5.75 Å². The molecule has 0 fully saturated rings. The van der Waals surface area contributed by atoms with Gasteiger partial charge in [0.25, 0.3) is 5.91 Å².